The van der Waals surface area contributed by atoms with Crippen molar-refractivity contribution < 1.29 is 4.79 Å². The predicted molar refractivity (Wildman–Crippen MR) is 80.3 cm³/mol. The summed E-state index contributed by atoms with van der Waals surface area (Å²) in [5.74, 6) is -0.0921. The minimum absolute atomic E-state index is 0.0921. The van der Waals surface area contributed by atoms with Gasteiger partial charge in [-0.1, -0.05) is 23.7 Å². The van der Waals surface area contributed by atoms with Crippen LogP contribution in [0.2, 0.25) is 5.02 Å². The molecule has 2 rings (SSSR count). The number of nitrogens with zero attached hydrogens (tertiary/aromatic N) is 2. The third kappa shape index (κ3) is 4.90. The first-order chi connectivity index (χ1) is 9.74. The monoisotopic (exact) mass is 289 g/mol. The van der Waals surface area contributed by atoms with Gasteiger partial charge < -0.3 is 9.88 Å². The van der Waals surface area contributed by atoms with Gasteiger partial charge in [-0.15, -0.1) is 0 Å². The Balaban J connectivity index is 1.68. The quantitative estimate of drug-likeness (QED) is 0.656. The lowest BCUT2D eigenvalue weighted by Gasteiger charge is -2.03. The highest BCUT2D eigenvalue weighted by molar-refractivity contribution is 6.30. The van der Waals surface area contributed by atoms with Gasteiger partial charge in [0.05, 0.1) is 6.33 Å². The largest absolute Gasteiger partial charge is 0.352 e. The van der Waals surface area contributed by atoms with Gasteiger partial charge in [0.1, 0.15) is 0 Å². The van der Waals surface area contributed by atoms with Crippen LogP contribution in [0.4, 0.5) is 0 Å². The fourth-order valence-electron chi connectivity index (χ4n) is 1.70. The summed E-state index contributed by atoms with van der Waals surface area (Å²) in [4.78, 5) is 15.6. The number of aryl methyl sites for hydroxylation is 1. The highest BCUT2D eigenvalue weighted by Crippen LogP contribution is 2.10. The number of rotatable bonds is 6. The van der Waals surface area contributed by atoms with E-state index in [-0.39, 0.29) is 5.91 Å². The van der Waals surface area contributed by atoms with Crippen LogP contribution in [0, 0.1) is 0 Å². The van der Waals surface area contributed by atoms with Crippen LogP contribution >= 0.6 is 11.6 Å². The van der Waals surface area contributed by atoms with Gasteiger partial charge in [-0.05, 0) is 30.2 Å². The predicted octanol–water partition coefficient (Wildman–Crippen LogP) is 2.76. The maximum absolute atomic E-state index is 11.6. The maximum atomic E-state index is 11.6. The summed E-state index contributed by atoms with van der Waals surface area (Å²) < 4.78 is 1.98. The zero-order chi connectivity index (χ0) is 14.2. The van der Waals surface area contributed by atoms with Crippen LogP contribution in [0.1, 0.15) is 12.0 Å². The molecule has 1 amide bonds. The Hall–Kier alpha value is -2.07. The lowest BCUT2D eigenvalue weighted by atomic mass is 10.2. The molecular formula is C15H16ClN3O. The van der Waals surface area contributed by atoms with Gasteiger partial charge in [0, 0.05) is 36.6 Å². The maximum Gasteiger partial charge on any atom is 0.244 e. The molecule has 0 aliphatic carbocycles. The fraction of sp³-hybridized carbons (Fsp3) is 0.200. The Kier molecular flexibility index (Phi) is 5.38. The first-order valence-corrected chi connectivity index (χ1v) is 6.79. The first-order valence-electron chi connectivity index (χ1n) is 6.41. The topological polar surface area (TPSA) is 46.9 Å². The molecule has 1 N–H and O–H groups in total. The Morgan fingerprint density at radius 2 is 2.15 bits per heavy atom. The Morgan fingerprint density at radius 1 is 1.35 bits per heavy atom. The summed E-state index contributed by atoms with van der Waals surface area (Å²) in [6.45, 7) is 1.49. The number of imidazole rings is 1. The zero-order valence-electron chi connectivity index (χ0n) is 11.0. The smallest absolute Gasteiger partial charge is 0.244 e. The molecule has 0 aliphatic heterocycles. The summed E-state index contributed by atoms with van der Waals surface area (Å²) in [6.07, 6.45) is 9.58. The minimum Gasteiger partial charge on any atom is -0.352 e. The standard InChI is InChI=1S/C15H16ClN3O/c16-14-5-2-13(3-6-14)4-7-15(20)18-8-1-10-19-11-9-17-12-19/h2-7,9,11-12H,1,8,10H2,(H,18,20)/b7-4+. The van der Waals surface area contributed by atoms with Gasteiger partial charge in [0.2, 0.25) is 5.91 Å². The lowest BCUT2D eigenvalue weighted by molar-refractivity contribution is -0.116. The number of benzene rings is 1. The van der Waals surface area contributed by atoms with Crippen LogP contribution in [0.25, 0.3) is 6.08 Å². The van der Waals surface area contributed by atoms with E-state index in [2.05, 4.69) is 10.3 Å². The number of halogens is 1. The van der Waals surface area contributed by atoms with E-state index in [0.717, 1.165) is 18.5 Å². The first kappa shape index (κ1) is 14.3. The van der Waals surface area contributed by atoms with Crippen molar-refractivity contribution in [3.63, 3.8) is 0 Å². The highest BCUT2D eigenvalue weighted by Gasteiger charge is 1.96. The minimum atomic E-state index is -0.0921. The van der Waals surface area contributed by atoms with E-state index >= 15 is 0 Å². The molecule has 20 heavy (non-hydrogen) atoms. The van der Waals surface area contributed by atoms with Crippen molar-refractivity contribution in [2.45, 2.75) is 13.0 Å². The number of nitrogens with one attached hydrogen (secondary N) is 1. The molecule has 104 valence electrons. The molecule has 1 heterocycles. The SMILES string of the molecule is O=C(/C=C/c1ccc(Cl)cc1)NCCCn1ccnc1. The summed E-state index contributed by atoms with van der Waals surface area (Å²) in [5.41, 5.74) is 0.947. The van der Waals surface area contributed by atoms with Crippen LogP contribution < -0.4 is 5.32 Å². The van der Waals surface area contributed by atoms with Gasteiger partial charge in [0.15, 0.2) is 0 Å². The molecule has 0 saturated heterocycles. The van der Waals surface area contributed by atoms with E-state index in [9.17, 15) is 4.79 Å². The molecule has 5 heteroatoms. The molecule has 0 unspecified atom stereocenters. The molecule has 0 spiro atoms. The van der Waals surface area contributed by atoms with Crippen molar-refractivity contribution in [3.05, 3.63) is 59.6 Å². The van der Waals surface area contributed by atoms with Crippen molar-refractivity contribution >= 4 is 23.6 Å². The van der Waals surface area contributed by atoms with Crippen LogP contribution in [0.3, 0.4) is 0 Å². The number of amides is 1. The lowest BCUT2D eigenvalue weighted by Crippen LogP contribution is -2.22. The summed E-state index contributed by atoms with van der Waals surface area (Å²) in [7, 11) is 0. The second-order valence-corrected chi connectivity index (χ2v) is 4.77. The van der Waals surface area contributed by atoms with Crippen LogP contribution in [-0.2, 0) is 11.3 Å². The van der Waals surface area contributed by atoms with Crippen molar-refractivity contribution in [2.75, 3.05) is 6.54 Å². The number of aromatic nitrogens is 2. The number of carbonyl (C=O) groups excluding carboxylic acids is 1. The van der Waals surface area contributed by atoms with Crippen LogP contribution in [0.5, 0.6) is 0 Å². The zero-order valence-corrected chi connectivity index (χ0v) is 11.8. The molecule has 1 aromatic heterocycles. The van der Waals surface area contributed by atoms with Gasteiger partial charge in [-0.25, -0.2) is 4.98 Å². The number of hydrogen-bond donors (Lipinski definition) is 1. The molecule has 4 nitrogen and oxygen atoms in total. The van der Waals surface area contributed by atoms with E-state index in [1.54, 1.807) is 30.7 Å². The van der Waals surface area contributed by atoms with Crippen molar-refractivity contribution in [1.82, 2.24) is 14.9 Å². The summed E-state index contributed by atoms with van der Waals surface area (Å²) >= 11 is 5.79. The van der Waals surface area contributed by atoms with E-state index < -0.39 is 0 Å². The van der Waals surface area contributed by atoms with Gasteiger partial charge in [-0.3, -0.25) is 4.79 Å². The summed E-state index contributed by atoms with van der Waals surface area (Å²) in [5, 5.41) is 3.53. The molecular weight excluding hydrogens is 274 g/mol. The molecule has 1 aromatic carbocycles. The summed E-state index contributed by atoms with van der Waals surface area (Å²) in [6, 6.07) is 7.32. The van der Waals surface area contributed by atoms with Crippen LogP contribution in [0.15, 0.2) is 49.1 Å². The third-order valence-corrected chi connectivity index (χ3v) is 3.00. The molecule has 0 fully saturated rings. The van der Waals surface area contributed by atoms with Crippen molar-refractivity contribution in [1.29, 1.82) is 0 Å². The Labute approximate surface area is 123 Å². The van der Waals surface area contributed by atoms with Gasteiger partial charge in [-0.2, -0.15) is 0 Å². The average Bonchev–Trinajstić information content (AvgIpc) is 2.96. The third-order valence-electron chi connectivity index (χ3n) is 2.75. The fourth-order valence-corrected chi connectivity index (χ4v) is 1.82. The molecule has 0 saturated carbocycles. The van der Waals surface area contributed by atoms with Crippen LogP contribution in [-0.4, -0.2) is 22.0 Å². The highest BCUT2D eigenvalue weighted by atomic mass is 35.5. The van der Waals surface area contributed by atoms with E-state index in [4.69, 9.17) is 11.6 Å². The number of carbonyl (C=O) groups is 1. The van der Waals surface area contributed by atoms with Crippen molar-refractivity contribution in [2.24, 2.45) is 0 Å². The van der Waals surface area contributed by atoms with Gasteiger partial charge in [0.25, 0.3) is 0 Å². The Bertz CT molecular complexity index is 561. The second kappa shape index (κ2) is 7.50. The Morgan fingerprint density at radius 3 is 2.85 bits per heavy atom. The second-order valence-electron chi connectivity index (χ2n) is 4.33. The van der Waals surface area contributed by atoms with E-state index in [0.29, 0.717) is 11.6 Å². The van der Waals surface area contributed by atoms with Gasteiger partial charge >= 0.3 is 0 Å². The molecule has 0 aliphatic rings. The van der Waals surface area contributed by atoms with Crippen molar-refractivity contribution in [3.8, 4) is 0 Å². The molecule has 0 bridgehead atoms. The average molecular weight is 290 g/mol. The van der Waals surface area contributed by atoms with E-state index in [1.165, 1.54) is 6.08 Å². The van der Waals surface area contributed by atoms with E-state index in [1.807, 2.05) is 22.9 Å². The molecule has 2 aromatic rings. The number of hydrogen-bond acceptors (Lipinski definition) is 2. The molecule has 0 atom stereocenters. The molecule has 0 radical (unpaired) electrons. The normalized spacial score (nSPS) is 10.8.